The number of nitrogens with zero attached hydrogens (tertiary/aromatic N) is 1. The summed E-state index contributed by atoms with van der Waals surface area (Å²) in [5, 5.41) is 11.0. The number of benzene rings is 2. The maximum absolute atomic E-state index is 11.0. The zero-order valence-electron chi connectivity index (χ0n) is 10.00. The highest BCUT2D eigenvalue weighted by atomic mass is 16.6. The van der Waals surface area contributed by atoms with Crippen molar-refractivity contribution >= 4 is 5.69 Å². The normalized spacial score (nSPS) is 10.1. The number of nitro groups is 1. The quantitative estimate of drug-likeness (QED) is 0.612. The molecule has 0 bridgehead atoms. The monoisotopic (exact) mass is 243 g/mol. The van der Waals surface area contributed by atoms with Crippen LogP contribution in [0.4, 0.5) is 5.69 Å². The molecule has 0 saturated carbocycles. The third-order valence-corrected chi connectivity index (χ3v) is 2.73. The van der Waals surface area contributed by atoms with Crippen molar-refractivity contribution in [2.75, 3.05) is 7.11 Å². The third-order valence-electron chi connectivity index (χ3n) is 2.73. The first-order valence-corrected chi connectivity index (χ1v) is 5.56. The average Bonchev–Trinajstić information content (AvgIpc) is 2.40. The highest BCUT2D eigenvalue weighted by molar-refractivity contribution is 5.48. The van der Waals surface area contributed by atoms with Crippen LogP contribution in [0.15, 0.2) is 48.5 Å². The van der Waals surface area contributed by atoms with Crippen LogP contribution >= 0.6 is 0 Å². The number of ether oxygens (including phenoxy) is 1. The van der Waals surface area contributed by atoms with E-state index in [1.807, 2.05) is 30.3 Å². The fourth-order valence-electron chi connectivity index (χ4n) is 1.81. The minimum absolute atomic E-state index is 0.0956. The van der Waals surface area contributed by atoms with Crippen LogP contribution in [0, 0.1) is 10.1 Å². The number of rotatable bonds is 4. The number of nitro benzene ring substituents is 1. The standard InChI is InChI=1S/C14H13NO3/c1-18-13-8-7-12(14(10-13)15(16)17)9-11-5-3-2-4-6-11/h2-8,10H,9H2,1H3. The van der Waals surface area contributed by atoms with Gasteiger partial charge in [-0.1, -0.05) is 30.3 Å². The first kappa shape index (κ1) is 12.1. The van der Waals surface area contributed by atoms with Gasteiger partial charge in [-0.2, -0.15) is 0 Å². The highest BCUT2D eigenvalue weighted by Gasteiger charge is 2.15. The van der Waals surface area contributed by atoms with Gasteiger partial charge < -0.3 is 4.74 Å². The summed E-state index contributed by atoms with van der Waals surface area (Å²) in [5.41, 5.74) is 1.83. The van der Waals surface area contributed by atoms with E-state index in [1.54, 1.807) is 12.1 Å². The van der Waals surface area contributed by atoms with Crippen molar-refractivity contribution in [3.05, 3.63) is 69.8 Å². The Balaban J connectivity index is 2.35. The van der Waals surface area contributed by atoms with Gasteiger partial charge in [-0.15, -0.1) is 0 Å². The lowest BCUT2D eigenvalue weighted by Gasteiger charge is -2.05. The van der Waals surface area contributed by atoms with Gasteiger partial charge >= 0.3 is 0 Å². The van der Waals surface area contributed by atoms with E-state index in [0.717, 1.165) is 5.56 Å². The van der Waals surface area contributed by atoms with Gasteiger partial charge in [0.2, 0.25) is 0 Å². The molecule has 0 saturated heterocycles. The Morgan fingerprint density at radius 3 is 2.50 bits per heavy atom. The Morgan fingerprint density at radius 1 is 1.17 bits per heavy atom. The Hall–Kier alpha value is -2.36. The summed E-state index contributed by atoms with van der Waals surface area (Å²) in [5.74, 6) is 0.499. The van der Waals surface area contributed by atoms with Crippen LogP contribution in [0.3, 0.4) is 0 Å². The van der Waals surface area contributed by atoms with Gasteiger partial charge in [-0.25, -0.2) is 0 Å². The van der Waals surface area contributed by atoms with Crippen LogP contribution in [0.25, 0.3) is 0 Å². The summed E-state index contributed by atoms with van der Waals surface area (Å²) in [6, 6.07) is 14.6. The second-order valence-corrected chi connectivity index (χ2v) is 3.91. The van der Waals surface area contributed by atoms with Crippen molar-refractivity contribution in [2.45, 2.75) is 6.42 Å². The minimum Gasteiger partial charge on any atom is -0.497 e. The lowest BCUT2D eigenvalue weighted by atomic mass is 10.0. The van der Waals surface area contributed by atoms with Gasteiger partial charge in [0, 0.05) is 12.0 Å². The zero-order valence-corrected chi connectivity index (χ0v) is 10.00. The molecular formula is C14H13NO3. The van der Waals surface area contributed by atoms with Crippen LogP contribution in [-0.4, -0.2) is 12.0 Å². The molecule has 4 heteroatoms. The SMILES string of the molecule is COc1ccc(Cc2ccccc2)c([N+](=O)[O-])c1. The number of hydrogen-bond donors (Lipinski definition) is 0. The lowest BCUT2D eigenvalue weighted by molar-refractivity contribution is -0.385. The highest BCUT2D eigenvalue weighted by Crippen LogP contribution is 2.26. The van der Waals surface area contributed by atoms with E-state index in [-0.39, 0.29) is 10.6 Å². The van der Waals surface area contributed by atoms with Crippen LogP contribution in [0.2, 0.25) is 0 Å². The topological polar surface area (TPSA) is 52.4 Å². The number of hydrogen-bond acceptors (Lipinski definition) is 3. The summed E-state index contributed by atoms with van der Waals surface area (Å²) in [4.78, 5) is 10.7. The van der Waals surface area contributed by atoms with E-state index in [9.17, 15) is 10.1 Å². The molecule has 0 fully saturated rings. The largest absolute Gasteiger partial charge is 0.497 e. The number of methoxy groups -OCH3 is 1. The first-order chi connectivity index (χ1) is 8.70. The molecule has 0 heterocycles. The summed E-state index contributed by atoms with van der Waals surface area (Å²) >= 11 is 0. The zero-order chi connectivity index (χ0) is 13.0. The Labute approximate surface area is 105 Å². The van der Waals surface area contributed by atoms with E-state index in [2.05, 4.69) is 0 Å². The Morgan fingerprint density at radius 2 is 1.89 bits per heavy atom. The molecule has 18 heavy (non-hydrogen) atoms. The first-order valence-electron chi connectivity index (χ1n) is 5.56. The van der Waals surface area contributed by atoms with E-state index in [4.69, 9.17) is 4.74 Å². The van der Waals surface area contributed by atoms with Crippen molar-refractivity contribution in [1.82, 2.24) is 0 Å². The molecule has 0 amide bonds. The molecule has 0 aliphatic heterocycles. The van der Waals surface area contributed by atoms with Crippen molar-refractivity contribution in [3.63, 3.8) is 0 Å². The fraction of sp³-hybridized carbons (Fsp3) is 0.143. The minimum atomic E-state index is -0.374. The molecule has 92 valence electrons. The predicted molar refractivity (Wildman–Crippen MR) is 68.9 cm³/mol. The molecule has 2 aromatic carbocycles. The van der Waals surface area contributed by atoms with Crippen molar-refractivity contribution < 1.29 is 9.66 Å². The molecule has 4 nitrogen and oxygen atoms in total. The molecule has 0 aliphatic rings. The maximum Gasteiger partial charge on any atom is 0.276 e. The molecule has 0 aliphatic carbocycles. The van der Waals surface area contributed by atoms with Crippen LogP contribution < -0.4 is 4.74 Å². The summed E-state index contributed by atoms with van der Waals surface area (Å²) in [7, 11) is 1.50. The van der Waals surface area contributed by atoms with E-state index >= 15 is 0 Å². The smallest absolute Gasteiger partial charge is 0.276 e. The van der Waals surface area contributed by atoms with Crippen LogP contribution in [0.5, 0.6) is 5.75 Å². The molecule has 2 aromatic rings. The Bertz CT molecular complexity index is 552. The second kappa shape index (κ2) is 5.31. The van der Waals surface area contributed by atoms with Gasteiger partial charge in [-0.05, 0) is 17.7 Å². The summed E-state index contributed by atoms with van der Waals surface area (Å²) in [6.45, 7) is 0. The van der Waals surface area contributed by atoms with Gasteiger partial charge in [0.05, 0.1) is 18.1 Å². The fourth-order valence-corrected chi connectivity index (χ4v) is 1.81. The maximum atomic E-state index is 11.0. The molecular weight excluding hydrogens is 230 g/mol. The molecule has 0 unspecified atom stereocenters. The van der Waals surface area contributed by atoms with Gasteiger partial charge in [-0.3, -0.25) is 10.1 Å². The molecule has 0 radical (unpaired) electrons. The molecule has 0 aromatic heterocycles. The van der Waals surface area contributed by atoms with E-state index in [0.29, 0.717) is 17.7 Å². The van der Waals surface area contributed by atoms with Gasteiger partial charge in [0.15, 0.2) is 0 Å². The predicted octanol–water partition coefficient (Wildman–Crippen LogP) is 3.19. The van der Waals surface area contributed by atoms with Crippen LogP contribution in [0.1, 0.15) is 11.1 Å². The van der Waals surface area contributed by atoms with E-state index in [1.165, 1.54) is 13.2 Å². The lowest BCUT2D eigenvalue weighted by Crippen LogP contribution is -1.97. The second-order valence-electron chi connectivity index (χ2n) is 3.91. The summed E-state index contributed by atoms with van der Waals surface area (Å²) in [6.07, 6.45) is 0.543. The van der Waals surface area contributed by atoms with Crippen molar-refractivity contribution in [1.29, 1.82) is 0 Å². The average molecular weight is 243 g/mol. The van der Waals surface area contributed by atoms with Crippen molar-refractivity contribution in [3.8, 4) is 5.75 Å². The molecule has 0 spiro atoms. The van der Waals surface area contributed by atoms with E-state index < -0.39 is 0 Å². The van der Waals surface area contributed by atoms with Gasteiger partial charge in [0.1, 0.15) is 5.75 Å². The van der Waals surface area contributed by atoms with Crippen LogP contribution in [-0.2, 0) is 6.42 Å². The molecule has 2 rings (SSSR count). The summed E-state index contributed by atoms with van der Waals surface area (Å²) < 4.78 is 5.01. The third kappa shape index (κ3) is 2.66. The molecule has 0 atom stereocenters. The molecule has 0 N–H and O–H groups in total. The Kier molecular flexibility index (Phi) is 3.57. The van der Waals surface area contributed by atoms with Crippen molar-refractivity contribution in [2.24, 2.45) is 0 Å². The van der Waals surface area contributed by atoms with Gasteiger partial charge in [0.25, 0.3) is 5.69 Å².